The van der Waals surface area contributed by atoms with Crippen LogP contribution in [-0.2, 0) is 14.8 Å². The molecule has 2 aromatic carbocycles. The van der Waals surface area contributed by atoms with E-state index in [0.717, 1.165) is 17.5 Å². The molecule has 0 saturated carbocycles. The molecule has 0 bridgehead atoms. The first kappa shape index (κ1) is 22.7. The van der Waals surface area contributed by atoms with Crippen molar-refractivity contribution in [3.8, 4) is 5.75 Å². The summed E-state index contributed by atoms with van der Waals surface area (Å²) in [7, 11) is -4.07. The van der Waals surface area contributed by atoms with Crippen molar-refractivity contribution < 1.29 is 31.1 Å². The van der Waals surface area contributed by atoms with Crippen LogP contribution in [0.3, 0.4) is 0 Å². The van der Waals surface area contributed by atoms with Gasteiger partial charge in [-0.05, 0) is 44.2 Å². The zero-order chi connectivity index (χ0) is 22.6. The van der Waals surface area contributed by atoms with Crippen molar-refractivity contribution in [1.29, 1.82) is 0 Å². The Morgan fingerprint density at radius 1 is 1.16 bits per heavy atom. The number of hydrogen-bond acceptors (Lipinski definition) is 5. The molecule has 166 valence electrons. The number of amides is 1. The lowest BCUT2D eigenvalue weighted by atomic mass is 10.2. The minimum Gasteiger partial charge on any atom is -0.490 e. The van der Waals surface area contributed by atoms with Gasteiger partial charge in [-0.3, -0.25) is 4.79 Å². The smallest absolute Gasteiger partial charge is 0.240 e. The summed E-state index contributed by atoms with van der Waals surface area (Å²) in [6.07, 6.45) is -0.155. The van der Waals surface area contributed by atoms with Crippen LogP contribution in [0, 0.1) is 11.6 Å². The number of ether oxygens (including phenoxy) is 1. The van der Waals surface area contributed by atoms with Gasteiger partial charge in [0.25, 0.3) is 0 Å². The number of rotatable bonds is 9. The van der Waals surface area contributed by atoms with Gasteiger partial charge in [-0.1, -0.05) is 12.1 Å². The van der Waals surface area contributed by atoms with Gasteiger partial charge in [0.05, 0.1) is 17.5 Å². The van der Waals surface area contributed by atoms with Crippen LogP contribution >= 0.6 is 0 Å². The normalized spacial score (nSPS) is 12.6. The van der Waals surface area contributed by atoms with E-state index in [1.807, 2.05) is 19.1 Å². The molecular weight excluding hydrogens is 430 g/mol. The van der Waals surface area contributed by atoms with Crippen LogP contribution in [0.4, 0.5) is 8.78 Å². The maximum Gasteiger partial charge on any atom is 0.240 e. The largest absolute Gasteiger partial charge is 0.490 e. The van der Waals surface area contributed by atoms with Crippen LogP contribution in [0.25, 0.3) is 11.0 Å². The molecule has 31 heavy (non-hydrogen) atoms. The molecule has 10 heteroatoms. The molecule has 0 saturated heterocycles. The number of carbonyl (C=O) groups is 1. The van der Waals surface area contributed by atoms with Crippen LogP contribution in [0.2, 0.25) is 0 Å². The average Bonchev–Trinajstić information content (AvgIpc) is 3.15. The van der Waals surface area contributed by atoms with E-state index in [1.54, 1.807) is 19.1 Å². The molecule has 3 rings (SSSR count). The molecule has 0 radical (unpaired) electrons. The summed E-state index contributed by atoms with van der Waals surface area (Å²) in [5.74, 6) is -1.70. The first-order chi connectivity index (χ1) is 14.7. The second-order valence-corrected chi connectivity index (χ2v) is 8.54. The number of nitrogens with one attached hydrogen (secondary N) is 2. The highest BCUT2D eigenvalue weighted by Gasteiger charge is 2.19. The van der Waals surface area contributed by atoms with Crippen LogP contribution in [0.15, 0.2) is 51.8 Å². The molecule has 0 fully saturated rings. The van der Waals surface area contributed by atoms with Crippen molar-refractivity contribution in [2.75, 3.05) is 13.2 Å². The number of carbonyl (C=O) groups excluding carboxylic acids is 1. The molecule has 1 amide bonds. The minimum atomic E-state index is -4.07. The fourth-order valence-corrected chi connectivity index (χ4v) is 3.99. The number of benzene rings is 2. The third-order valence-corrected chi connectivity index (χ3v) is 5.94. The van der Waals surface area contributed by atoms with E-state index in [-0.39, 0.29) is 13.0 Å². The van der Waals surface area contributed by atoms with Crippen molar-refractivity contribution >= 4 is 26.9 Å². The first-order valence-corrected chi connectivity index (χ1v) is 11.1. The highest BCUT2D eigenvalue weighted by Crippen LogP contribution is 2.31. The Kier molecular flexibility index (Phi) is 6.91. The maximum atomic E-state index is 13.3. The van der Waals surface area contributed by atoms with Gasteiger partial charge in [0.15, 0.2) is 23.0 Å². The Morgan fingerprint density at radius 2 is 1.94 bits per heavy atom. The summed E-state index contributed by atoms with van der Waals surface area (Å²) < 4.78 is 64.1. The van der Waals surface area contributed by atoms with Gasteiger partial charge in [0.1, 0.15) is 5.76 Å². The summed E-state index contributed by atoms with van der Waals surface area (Å²) >= 11 is 0. The molecule has 1 atom stereocenters. The minimum absolute atomic E-state index is 0.155. The lowest BCUT2D eigenvalue weighted by molar-refractivity contribution is -0.121. The number of fused-ring (bicyclic) bond motifs is 1. The Balaban J connectivity index is 1.57. The van der Waals surface area contributed by atoms with Gasteiger partial charge in [-0.2, -0.15) is 0 Å². The molecule has 0 aliphatic carbocycles. The Hall–Kier alpha value is -2.98. The fraction of sp³-hybridized carbons (Fsp3) is 0.286. The van der Waals surface area contributed by atoms with E-state index >= 15 is 0 Å². The van der Waals surface area contributed by atoms with E-state index < -0.39 is 38.5 Å². The lowest BCUT2D eigenvalue weighted by Gasteiger charge is -2.12. The van der Waals surface area contributed by atoms with Crippen LogP contribution in [0.1, 0.15) is 32.1 Å². The summed E-state index contributed by atoms with van der Waals surface area (Å²) in [5.41, 5.74) is 0.583. The monoisotopic (exact) mass is 452 g/mol. The van der Waals surface area contributed by atoms with E-state index in [9.17, 15) is 22.0 Å². The SMILES string of the molecule is CCOc1cccc2cc(C(C)NC(=O)CCNS(=O)(=O)c3ccc(F)c(F)c3)oc12. The summed E-state index contributed by atoms with van der Waals surface area (Å²) in [4.78, 5) is 11.8. The number of furan rings is 1. The summed E-state index contributed by atoms with van der Waals surface area (Å²) in [6, 6.07) is 9.09. The van der Waals surface area contributed by atoms with Crippen molar-refractivity contribution in [3.05, 3.63) is 59.9 Å². The lowest BCUT2D eigenvalue weighted by Crippen LogP contribution is -2.32. The second kappa shape index (κ2) is 9.44. The van der Waals surface area contributed by atoms with Crippen molar-refractivity contribution in [3.63, 3.8) is 0 Å². The zero-order valence-electron chi connectivity index (χ0n) is 16.9. The first-order valence-electron chi connectivity index (χ1n) is 9.60. The molecule has 0 spiro atoms. The third-order valence-electron chi connectivity index (χ3n) is 4.48. The molecule has 0 aliphatic rings. The van der Waals surface area contributed by atoms with Crippen molar-refractivity contribution in [2.45, 2.75) is 31.2 Å². The predicted octanol–water partition coefficient (Wildman–Crippen LogP) is 3.66. The molecule has 1 heterocycles. The Labute approximate surface area is 178 Å². The summed E-state index contributed by atoms with van der Waals surface area (Å²) in [5, 5.41) is 3.57. The summed E-state index contributed by atoms with van der Waals surface area (Å²) in [6.45, 7) is 3.88. The predicted molar refractivity (Wildman–Crippen MR) is 110 cm³/mol. The van der Waals surface area contributed by atoms with Gasteiger partial charge >= 0.3 is 0 Å². The van der Waals surface area contributed by atoms with E-state index in [4.69, 9.17) is 9.15 Å². The highest BCUT2D eigenvalue weighted by molar-refractivity contribution is 7.89. The molecule has 1 unspecified atom stereocenters. The number of sulfonamides is 1. The Morgan fingerprint density at radius 3 is 2.65 bits per heavy atom. The maximum absolute atomic E-state index is 13.3. The second-order valence-electron chi connectivity index (χ2n) is 6.77. The van der Waals surface area contributed by atoms with E-state index in [0.29, 0.717) is 29.8 Å². The highest BCUT2D eigenvalue weighted by atomic mass is 32.2. The van der Waals surface area contributed by atoms with Gasteiger partial charge in [0, 0.05) is 18.4 Å². The Bertz CT molecular complexity index is 1190. The topological polar surface area (TPSA) is 97.6 Å². The quantitative estimate of drug-likeness (QED) is 0.517. The molecule has 1 aromatic heterocycles. The average molecular weight is 452 g/mol. The van der Waals surface area contributed by atoms with Crippen LogP contribution < -0.4 is 14.8 Å². The van der Waals surface area contributed by atoms with Gasteiger partial charge in [-0.15, -0.1) is 0 Å². The molecular formula is C21H22F2N2O5S. The molecule has 3 aromatic rings. The van der Waals surface area contributed by atoms with Crippen LogP contribution in [-0.4, -0.2) is 27.5 Å². The molecule has 0 aliphatic heterocycles. The van der Waals surface area contributed by atoms with Crippen LogP contribution in [0.5, 0.6) is 5.75 Å². The van der Waals surface area contributed by atoms with E-state index in [1.165, 1.54) is 0 Å². The van der Waals surface area contributed by atoms with E-state index in [2.05, 4.69) is 10.0 Å². The fourth-order valence-electron chi connectivity index (χ4n) is 2.95. The molecule has 7 nitrogen and oxygen atoms in total. The standard InChI is InChI=1S/C21H22F2N2O5S/c1-3-29-18-6-4-5-14-11-19(30-21(14)18)13(2)25-20(26)9-10-24-31(27,28)15-7-8-16(22)17(23)12-15/h4-8,11-13,24H,3,9-10H2,1-2H3,(H,25,26). The third kappa shape index (κ3) is 5.39. The van der Waals surface area contributed by atoms with Crippen molar-refractivity contribution in [2.24, 2.45) is 0 Å². The van der Waals surface area contributed by atoms with Gasteiger partial charge in [0.2, 0.25) is 15.9 Å². The van der Waals surface area contributed by atoms with Gasteiger partial charge < -0.3 is 14.5 Å². The van der Waals surface area contributed by atoms with Crippen molar-refractivity contribution in [1.82, 2.24) is 10.0 Å². The number of hydrogen-bond donors (Lipinski definition) is 2. The number of halogens is 2. The number of para-hydroxylation sites is 1. The van der Waals surface area contributed by atoms with Gasteiger partial charge in [-0.25, -0.2) is 21.9 Å². The zero-order valence-corrected chi connectivity index (χ0v) is 17.8. The molecule has 2 N–H and O–H groups in total.